The van der Waals surface area contributed by atoms with E-state index in [0.717, 1.165) is 16.6 Å². The number of pyridine rings is 1. The second kappa shape index (κ2) is 5.19. The molecular weight excluding hydrogens is 232 g/mol. The van der Waals surface area contributed by atoms with Crippen LogP contribution in [0.1, 0.15) is 5.56 Å². The van der Waals surface area contributed by atoms with Gasteiger partial charge in [-0.1, -0.05) is 0 Å². The molecule has 0 aliphatic carbocycles. The van der Waals surface area contributed by atoms with Gasteiger partial charge in [-0.25, -0.2) is 4.98 Å². The SMILES string of the molecule is CNCCOc1cc(C)c(Br)cn1. The average Bonchev–Trinajstić information content (AvgIpc) is 2.12. The molecule has 4 heteroatoms. The summed E-state index contributed by atoms with van der Waals surface area (Å²) >= 11 is 3.38. The van der Waals surface area contributed by atoms with Crippen LogP contribution in [0.4, 0.5) is 0 Å². The van der Waals surface area contributed by atoms with Gasteiger partial charge >= 0.3 is 0 Å². The highest BCUT2D eigenvalue weighted by atomic mass is 79.9. The third-order valence-electron chi connectivity index (χ3n) is 1.62. The molecule has 1 aromatic rings. The zero-order valence-electron chi connectivity index (χ0n) is 7.80. The fraction of sp³-hybridized carbons (Fsp3) is 0.444. The molecule has 1 heterocycles. The highest BCUT2D eigenvalue weighted by molar-refractivity contribution is 9.10. The number of aromatic nitrogens is 1. The van der Waals surface area contributed by atoms with Crippen molar-refractivity contribution in [2.75, 3.05) is 20.2 Å². The average molecular weight is 245 g/mol. The Hall–Kier alpha value is -0.610. The summed E-state index contributed by atoms with van der Waals surface area (Å²) < 4.78 is 6.40. The number of nitrogens with zero attached hydrogens (tertiary/aromatic N) is 1. The minimum Gasteiger partial charge on any atom is -0.476 e. The Bertz CT molecular complexity index is 278. The van der Waals surface area contributed by atoms with E-state index in [9.17, 15) is 0 Å². The van der Waals surface area contributed by atoms with Crippen molar-refractivity contribution < 1.29 is 4.74 Å². The van der Waals surface area contributed by atoms with Crippen molar-refractivity contribution in [2.24, 2.45) is 0 Å². The van der Waals surface area contributed by atoms with E-state index in [4.69, 9.17) is 4.74 Å². The number of hydrogen-bond acceptors (Lipinski definition) is 3. The first-order chi connectivity index (χ1) is 6.24. The Labute approximate surface area is 86.6 Å². The molecule has 0 saturated heterocycles. The summed E-state index contributed by atoms with van der Waals surface area (Å²) in [6, 6.07) is 1.92. The van der Waals surface area contributed by atoms with E-state index >= 15 is 0 Å². The lowest BCUT2D eigenvalue weighted by Crippen LogP contribution is -2.16. The smallest absolute Gasteiger partial charge is 0.213 e. The molecule has 0 radical (unpaired) electrons. The van der Waals surface area contributed by atoms with Gasteiger partial charge in [0, 0.05) is 23.3 Å². The molecule has 0 fully saturated rings. The second-order valence-electron chi connectivity index (χ2n) is 2.72. The van der Waals surface area contributed by atoms with E-state index in [1.807, 2.05) is 20.0 Å². The van der Waals surface area contributed by atoms with E-state index in [1.165, 1.54) is 0 Å². The summed E-state index contributed by atoms with van der Waals surface area (Å²) in [6.45, 7) is 3.48. The van der Waals surface area contributed by atoms with Crippen LogP contribution < -0.4 is 10.1 Å². The number of aryl methyl sites for hydroxylation is 1. The Morgan fingerprint density at radius 1 is 1.62 bits per heavy atom. The zero-order valence-corrected chi connectivity index (χ0v) is 9.39. The summed E-state index contributed by atoms with van der Waals surface area (Å²) in [5, 5.41) is 3.00. The number of rotatable bonds is 4. The molecule has 0 aliphatic heterocycles. The molecular formula is C9H13BrN2O. The highest BCUT2D eigenvalue weighted by Gasteiger charge is 1.98. The van der Waals surface area contributed by atoms with Crippen molar-refractivity contribution >= 4 is 15.9 Å². The molecule has 1 rings (SSSR count). The first-order valence-electron chi connectivity index (χ1n) is 4.13. The van der Waals surface area contributed by atoms with Crippen molar-refractivity contribution in [1.82, 2.24) is 10.3 Å². The van der Waals surface area contributed by atoms with E-state index in [2.05, 4.69) is 26.2 Å². The van der Waals surface area contributed by atoms with Crippen LogP contribution >= 0.6 is 15.9 Å². The maximum atomic E-state index is 5.39. The van der Waals surface area contributed by atoms with Crippen molar-refractivity contribution in [1.29, 1.82) is 0 Å². The fourth-order valence-corrected chi connectivity index (χ4v) is 1.07. The summed E-state index contributed by atoms with van der Waals surface area (Å²) in [7, 11) is 1.89. The molecule has 72 valence electrons. The van der Waals surface area contributed by atoms with Crippen molar-refractivity contribution in [3.05, 3.63) is 22.3 Å². The molecule has 0 unspecified atom stereocenters. The topological polar surface area (TPSA) is 34.1 Å². The quantitative estimate of drug-likeness (QED) is 0.820. The first-order valence-corrected chi connectivity index (χ1v) is 4.93. The number of hydrogen-bond donors (Lipinski definition) is 1. The van der Waals surface area contributed by atoms with Gasteiger partial charge in [-0.2, -0.15) is 0 Å². The van der Waals surface area contributed by atoms with Crippen molar-refractivity contribution in [3.63, 3.8) is 0 Å². The molecule has 13 heavy (non-hydrogen) atoms. The van der Waals surface area contributed by atoms with Crippen LogP contribution in [0.2, 0.25) is 0 Å². The number of ether oxygens (including phenoxy) is 1. The van der Waals surface area contributed by atoms with Gasteiger partial charge in [0.15, 0.2) is 0 Å². The van der Waals surface area contributed by atoms with E-state index < -0.39 is 0 Å². The Morgan fingerprint density at radius 2 is 2.38 bits per heavy atom. The van der Waals surface area contributed by atoms with Gasteiger partial charge in [-0.05, 0) is 35.5 Å². The largest absolute Gasteiger partial charge is 0.476 e. The van der Waals surface area contributed by atoms with E-state index in [0.29, 0.717) is 12.5 Å². The third-order valence-corrected chi connectivity index (χ3v) is 2.45. The molecule has 0 aliphatic rings. The van der Waals surface area contributed by atoms with Gasteiger partial charge in [0.25, 0.3) is 0 Å². The minimum atomic E-state index is 0.643. The van der Waals surface area contributed by atoms with Gasteiger partial charge in [0.2, 0.25) is 5.88 Å². The van der Waals surface area contributed by atoms with Gasteiger partial charge in [0.1, 0.15) is 6.61 Å². The van der Waals surface area contributed by atoms with Crippen LogP contribution in [0.15, 0.2) is 16.7 Å². The van der Waals surface area contributed by atoms with Crippen LogP contribution in [-0.2, 0) is 0 Å². The molecule has 3 nitrogen and oxygen atoms in total. The van der Waals surface area contributed by atoms with E-state index in [1.54, 1.807) is 6.20 Å². The van der Waals surface area contributed by atoms with Crippen LogP contribution in [0.25, 0.3) is 0 Å². The first kappa shape index (κ1) is 10.5. The van der Waals surface area contributed by atoms with Crippen LogP contribution in [0.3, 0.4) is 0 Å². The lowest BCUT2D eigenvalue weighted by atomic mass is 10.3. The number of likely N-dealkylation sites (N-methyl/N-ethyl adjacent to an activating group) is 1. The molecule has 0 saturated carbocycles. The standard InChI is InChI=1S/C9H13BrN2O/c1-7-5-9(12-6-8(7)10)13-4-3-11-2/h5-6,11H,3-4H2,1-2H3. The minimum absolute atomic E-state index is 0.643. The molecule has 0 atom stereocenters. The maximum Gasteiger partial charge on any atom is 0.213 e. The molecule has 0 amide bonds. The predicted octanol–water partition coefficient (Wildman–Crippen LogP) is 1.75. The zero-order chi connectivity index (χ0) is 9.68. The van der Waals surface area contributed by atoms with Gasteiger partial charge in [-0.15, -0.1) is 0 Å². The summed E-state index contributed by atoms with van der Waals surface area (Å²) in [5.41, 5.74) is 1.13. The summed E-state index contributed by atoms with van der Waals surface area (Å²) in [4.78, 5) is 4.11. The van der Waals surface area contributed by atoms with E-state index in [-0.39, 0.29) is 0 Å². The Kier molecular flexibility index (Phi) is 4.18. The molecule has 0 spiro atoms. The molecule has 1 N–H and O–H groups in total. The van der Waals surface area contributed by atoms with Crippen molar-refractivity contribution in [2.45, 2.75) is 6.92 Å². The lowest BCUT2D eigenvalue weighted by molar-refractivity contribution is 0.306. The van der Waals surface area contributed by atoms with Crippen LogP contribution in [-0.4, -0.2) is 25.2 Å². The van der Waals surface area contributed by atoms with Gasteiger partial charge in [0.05, 0.1) is 0 Å². The summed E-state index contributed by atoms with van der Waals surface area (Å²) in [5.74, 6) is 0.677. The van der Waals surface area contributed by atoms with Gasteiger partial charge in [-0.3, -0.25) is 0 Å². The molecule has 0 aromatic carbocycles. The second-order valence-corrected chi connectivity index (χ2v) is 3.58. The third kappa shape index (κ3) is 3.32. The van der Waals surface area contributed by atoms with Crippen LogP contribution in [0, 0.1) is 6.92 Å². The van der Waals surface area contributed by atoms with Crippen LogP contribution in [0.5, 0.6) is 5.88 Å². The fourth-order valence-electron chi connectivity index (χ4n) is 0.850. The number of nitrogens with one attached hydrogen (secondary N) is 1. The molecule has 1 aromatic heterocycles. The normalized spacial score (nSPS) is 10.1. The maximum absolute atomic E-state index is 5.39. The molecule has 0 bridgehead atoms. The number of halogens is 1. The lowest BCUT2D eigenvalue weighted by Gasteiger charge is -2.05. The predicted molar refractivity (Wildman–Crippen MR) is 56.1 cm³/mol. The highest BCUT2D eigenvalue weighted by Crippen LogP contribution is 2.18. The van der Waals surface area contributed by atoms with Crippen molar-refractivity contribution in [3.8, 4) is 5.88 Å². The van der Waals surface area contributed by atoms with Gasteiger partial charge < -0.3 is 10.1 Å². The monoisotopic (exact) mass is 244 g/mol. The Morgan fingerprint density at radius 3 is 3.00 bits per heavy atom. The Balaban J connectivity index is 2.53. The summed E-state index contributed by atoms with van der Waals surface area (Å²) in [6.07, 6.45) is 1.75.